The number of nitrogens with zero attached hydrogens (tertiary/aromatic N) is 2. The van der Waals surface area contributed by atoms with Crippen LogP contribution >= 0.6 is 0 Å². The van der Waals surface area contributed by atoms with E-state index in [1.807, 2.05) is 30.5 Å². The summed E-state index contributed by atoms with van der Waals surface area (Å²) in [6.45, 7) is 1.56. The van der Waals surface area contributed by atoms with Gasteiger partial charge in [-0.15, -0.1) is 0 Å². The maximum absolute atomic E-state index is 13.0. The predicted octanol–water partition coefficient (Wildman–Crippen LogP) is 2.67. The zero-order valence-electron chi connectivity index (χ0n) is 13.7. The van der Waals surface area contributed by atoms with E-state index >= 15 is 0 Å². The van der Waals surface area contributed by atoms with Crippen molar-refractivity contribution in [1.82, 2.24) is 15.1 Å². The van der Waals surface area contributed by atoms with E-state index < -0.39 is 0 Å². The van der Waals surface area contributed by atoms with Crippen molar-refractivity contribution < 1.29 is 14.2 Å². The highest BCUT2D eigenvalue weighted by molar-refractivity contribution is 5.33. The van der Waals surface area contributed by atoms with Crippen LogP contribution in [0.2, 0.25) is 0 Å². The molecule has 0 saturated heterocycles. The number of ether oxygens (including phenoxy) is 1. The van der Waals surface area contributed by atoms with Gasteiger partial charge in [0.1, 0.15) is 18.2 Å². The Hall–Kier alpha value is -2.70. The Morgan fingerprint density at radius 1 is 1.08 bits per heavy atom. The standard InChI is InChI=1S/C19H20FN3O2/c20-17-5-7-18(8-6-17)23-14-15(12-22-23)11-21-13-16-3-1-2-4-19(16)25-10-9-24/h1-8,12,14,21,24H,9-11,13H2. The normalized spacial score (nSPS) is 10.8. The van der Waals surface area contributed by atoms with E-state index in [4.69, 9.17) is 9.84 Å². The van der Waals surface area contributed by atoms with Crippen LogP contribution in [0.15, 0.2) is 60.9 Å². The van der Waals surface area contributed by atoms with Crippen LogP contribution in [0.5, 0.6) is 5.75 Å². The summed E-state index contributed by atoms with van der Waals surface area (Å²) in [5.41, 5.74) is 2.87. The molecule has 0 aliphatic heterocycles. The molecule has 0 aliphatic carbocycles. The number of halogens is 1. The van der Waals surface area contributed by atoms with Crippen molar-refractivity contribution in [3.05, 3.63) is 77.9 Å². The molecule has 3 rings (SSSR count). The number of benzene rings is 2. The molecule has 25 heavy (non-hydrogen) atoms. The number of para-hydroxylation sites is 1. The van der Waals surface area contributed by atoms with Crippen molar-refractivity contribution >= 4 is 0 Å². The van der Waals surface area contributed by atoms with Crippen LogP contribution in [-0.2, 0) is 13.1 Å². The van der Waals surface area contributed by atoms with Crippen LogP contribution in [0.1, 0.15) is 11.1 Å². The van der Waals surface area contributed by atoms with E-state index in [1.165, 1.54) is 12.1 Å². The molecular formula is C19H20FN3O2. The van der Waals surface area contributed by atoms with Gasteiger partial charge in [-0.3, -0.25) is 0 Å². The molecule has 0 spiro atoms. The van der Waals surface area contributed by atoms with E-state index in [0.29, 0.717) is 13.1 Å². The van der Waals surface area contributed by atoms with Gasteiger partial charge in [-0.2, -0.15) is 5.10 Å². The lowest BCUT2D eigenvalue weighted by atomic mass is 10.2. The molecule has 0 fully saturated rings. The molecule has 130 valence electrons. The monoisotopic (exact) mass is 341 g/mol. The van der Waals surface area contributed by atoms with Gasteiger partial charge in [0.15, 0.2) is 0 Å². The van der Waals surface area contributed by atoms with Crippen molar-refractivity contribution in [3.8, 4) is 11.4 Å². The van der Waals surface area contributed by atoms with E-state index in [0.717, 1.165) is 22.6 Å². The van der Waals surface area contributed by atoms with Gasteiger partial charge < -0.3 is 15.2 Å². The van der Waals surface area contributed by atoms with Crippen LogP contribution in [0.3, 0.4) is 0 Å². The van der Waals surface area contributed by atoms with E-state index in [-0.39, 0.29) is 19.0 Å². The summed E-state index contributed by atoms with van der Waals surface area (Å²) in [6.07, 6.45) is 3.69. The minimum atomic E-state index is -0.264. The fourth-order valence-corrected chi connectivity index (χ4v) is 2.47. The summed E-state index contributed by atoms with van der Waals surface area (Å²) in [7, 11) is 0. The molecule has 3 aromatic rings. The molecule has 1 aromatic heterocycles. The molecule has 5 nitrogen and oxygen atoms in total. The number of rotatable bonds is 8. The second kappa shape index (κ2) is 8.41. The van der Waals surface area contributed by atoms with Crippen LogP contribution < -0.4 is 10.1 Å². The van der Waals surface area contributed by atoms with Crippen LogP contribution in [-0.4, -0.2) is 28.1 Å². The zero-order valence-corrected chi connectivity index (χ0v) is 13.7. The Morgan fingerprint density at radius 3 is 2.68 bits per heavy atom. The molecule has 0 unspecified atom stereocenters. The first-order valence-electron chi connectivity index (χ1n) is 8.08. The minimum absolute atomic E-state index is 0.00959. The maximum Gasteiger partial charge on any atom is 0.123 e. The Morgan fingerprint density at radius 2 is 1.88 bits per heavy atom. The van der Waals surface area contributed by atoms with Crippen molar-refractivity contribution in [2.45, 2.75) is 13.1 Å². The smallest absolute Gasteiger partial charge is 0.123 e. The summed E-state index contributed by atoms with van der Waals surface area (Å²) < 4.78 is 20.2. The first-order chi connectivity index (χ1) is 12.3. The number of aromatic nitrogens is 2. The molecule has 2 aromatic carbocycles. The quantitative estimate of drug-likeness (QED) is 0.661. The number of hydrogen-bond donors (Lipinski definition) is 2. The number of aliphatic hydroxyl groups is 1. The van der Waals surface area contributed by atoms with E-state index in [2.05, 4.69) is 10.4 Å². The number of nitrogens with one attached hydrogen (secondary N) is 1. The van der Waals surface area contributed by atoms with E-state index in [9.17, 15) is 4.39 Å². The van der Waals surface area contributed by atoms with Crippen molar-refractivity contribution in [3.63, 3.8) is 0 Å². The SMILES string of the molecule is OCCOc1ccccc1CNCc1cnn(-c2ccc(F)cc2)c1. The number of aliphatic hydroxyl groups excluding tert-OH is 1. The fourth-order valence-electron chi connectivity index (χ4n) is 2.47. The summed E-state index contributed by atoms with van der Waals surface area (Å²) >= 11 is 0. The number of hydrogen-bond acceptors (Lipinski definition) is 4. The zero-order chi connectivity index (χ0) is 17.5. The summed E-state index contributed by atoms with van der Waals surface area (Å²) in [5.74, 6) is 0.505. The fraction of sp³-hybridized carbons (Fsp3) is 0.211. The van der Waals surface area contributed by atoms with Gasteiger partial charge in [-0.05, 0) is 30.3 Å². The summed E-state index contributed by atoms with van der Waals surface area (Å²) in [6, 6.07) is 13.9. The summed E-state index contributed by atoms with van der Waals surface area (Å²) in [4.78, 5) is 0. The highest BCUT2D eigenvalue weighted by Gasteiger charge is 2.04. The van der Waals surface area contributed by atoms with Crippen LogP contribution in [0.4, 0.5) is 4.39 Å². The third-order valence-electron chi connectivity index (χ3n) is 3.69. The highest BCUT2D eigenvalue weighted by atomic mass is 19.1. The lowest BCUT2D eigenvalue weighted by Crippen LogP contribution is -2.14. The van der Waals surface area contributed by atoms with Gasteiger partial charge in [-0.1, -0.05) is 18.2 Å². The molecule has 6 heteroatoms. The molecular weight excluding hydrogens is 321 g/mol. The van der Waals surface area contributed by atoms with Gasteiger partial charge in [-0.25, -0.2) is 9.07 Å². The molecule has 2 N–H and O–H groups in total. The third-order valence-corrected chi connectivity index (χ3v) is 3.69. The Labute approximate surface area is 145 Å². The van der Waals surface area contributed by atoms with Gasteiger partial charge in [0, 0.05) is 30.4 Å². The average Bonchev–Trinajstić information content (AvgIpc) is 3.10. The Balaban J connectivity index is 1.57. The predicted molar refractivity (Wildman–Crippen MR) is 93.1 cm³/mol. The second-order valence-corrected chi connectivity index (χ2v) is 5.55. The lowest BCUT2D eigenvalue weighted by Gasteiger charge is -2.11. The van der Waals surface area contributed by atoms with Gasteiger partial charge in [0.2, 0.25) is 0 Å². The van der Waals surface area contributed by atoms with Crippen LogP contribution in [0, 0.1) is 5.82 Å². The second-order valence-electron chi connectivity index (χ2n) is 5.55. The lowest BCUT2D eigenvalue weighted by molar-refractivity contribution is 0.200. The van der Waals surface area contributed by atoms with E-state index in [1.54, 1.807) is 23.0 Å². The third kappa shape index (κ3) is 4.65. The summed E-state index contributed by atoms with van der Waals surface area (Å²) in [5, 5.41) is 16.5. The largest absolute Gasteiger partial charge is 0.491 e. The molecule has 0 atom stereocenters. The Bertz CT molecular complexity index is 802. The van der Waals surface area contributed by atoms with Gasteiger partial charge >= 0.3 is 0 Å². The van der Waals surface area contributed by atoms with Gasteiger partial charge in [0.25, 0.3) is 0 Å². The van der Waals surface area contributed by atoms with Crippen LogP contribution in [0.25, 0.3) is 5.69 Å². The Kier molecular flexibility index (Phi) is 5.77. The maximum atomic E-state index is 13.0. The van der Waals surface area contributed by atoms with Gasteiger partial charge in [0.05, 0.1) is 18.5 Å². The molecule has 0 saturated carbocycles. The molecule has 0 radical (unpaired) electrons. The molecule has 0 aliphatic rings. The van der Waals surface area contributed by atoms with Crippen molar-refractivity contribution in [2.24, 2.45) is 0 Å². The molecule has 0 bridgehead atoms. The molecule has 1 heterocycles. The first kappa shape index (κ1) is 17.1. The van der Waals surface area contributed by atoms with Crippen molar-refractivity contribution in [1.29, 1.82) is 0 Å². The minimum Gasteiger partial charge on any atom is -0.491 e. The topological polar surface area (TPSA) is 59.3 Å². The van der Waals surface area contributed by atoms with Crippen molar-refractivity contribution in [2.75, 3.05) is 13.2 Å². The first-order valence-corrected chi connectivity index (χ1v) is 8.08. The molecule has 0 amide bonds. The average molecular weight is 341 g/mol. The highest BCUT2D eigenvalue weighted by Crippen LogP contribution is 2.17.